The van der Waals surface area contributed by atoms with Gasteiger partial charge in [0.15, 0.2) is 0 Å². The first-order valence-corrected chi connectivity index (χ1v) is 19.9. The van der Waals surface area contributed by atoms with Gasteiger partial charge in [-0.25, -0.2) is 0 Å². The van der Waals surface area contributed by atoms with Crippen LogP contribution in [0.1, 0.15) is 64.2 Å². The molecule has 9 amide bonds. The Morgan fingerprint density at radius 1 is 0.534 bits per heavy atom. The second kappa shape index (κ2) is 19.9. The van der Waals surface area contributed by atoms with Gasteiger partial charge in [-0.2, -0.15) is 0 Å². The lowest BCUT2D eigenvalue weighted by atomic mass is 10.1. The molecule has 0 bridgehead atoms. The highest BCUT2D eigenvalue weighted by molar-refractivity contribution is 5.97. The Morgan fingerprint density at radius 3 is 1.40 bits per heavy atom. The van der Waals surface area contributed by atoms with Crippen LogP contribution in [-0.4, -0.2) is 196 Å². The van der Waals surface area contributed by atoms with Crippen LogP contribution in [0.2, 0.25) is 0 Å². The number of carbonyl (C=O) groups is 10. The lowest BCUT2D eigenvalue weighted by molar-refractivity contribution is -0.147. The molecule has 5 aliphatic rings. The van der Waals surface area contributed by atoms with E-state index < -0.39 is 110 Å². The molecule has 6 atom stereocenters. The number of carboxylic acid groups (broad SMARTS) is 1. The molecule has 58 heavy (non-hydrogen) atoms. The van der Waals surface area contributed by atoms with Gasteiger partial charge in [-0.1, -0.05) is 0 Å². The first kappa shape index (κ1) is 43.7. The molecule has 5 aliphatic heterocycles. The van der Waals surface area contributed by atoms with Crippen molar-refractivity contribution < 1.29 is 58.2 Å². The molecule has 0 aromatic heterocycles. The number of nitrogens with zero attached hydrogens (tertiary/aromatic N) is 5. The molecule has 0 aromatic carbocycles. The quantitative estimate of drug-likeness (QED) is 0.0815. The Balaban J connectivity index is 1.09. The minimum absolute atomic E-state index is 0.152. The SMILES string of the molecule is NCC(=O)N1CCC[C@H]1C(=O)N1CCC[C@H]1C(=O)NCC(=O)N1CCC[C@H]1C(=O)N1CCC[C@H]1C(=O)NCC(=O)N[C@@H](CO)C(=O)N1CCC[C@H]1C(=O)NCC(=O)O. The zero-order valence-electron chi connectivity index (χ0n) is 32.4. The average Bonchev–Trinajstić information content (AvgIpc) is 4.07. The molecular weight excluding hydrogens is 764 g/mol. The van der Waals surface area contributed by atoms with Crippen LogP contribution in [-0.2, 0) is 47.9 Å². The highest BCUT2D eigenvalue weighted by Crippen LogP contribution is 2.27. The third-order valence-electron chi connectivity index (χ3n) is 11.5. The number of aliphatic hydroxyl groups is 1. The number of likely N-dealkylation sites (tertiary alicyclic amines) is 5. The van der Waals surface area contributed by atoms with E-state index in [1.165, 1.54) is 19.6 Å². The van der Waals surface area contributed by atoms with Gasteiger partial charge < -0.3 is 61.7 Å². The fourth-order valence-electron chi connectivity index (χ4n) is 8.63. The molecule has 8 N–H and O–H groups in total. The maximum Gasteiger partial charge on any atom is 0.322 e. The van der Waals surface area contributed by atoms with Crippen LogP contribution in [0.15, 0.2) is 0 Å². The molecule has 5 heterocycles. The van der Waals surface area contributed by atoms with Gasteiger partial charge in [0.05, 0.1) is 26.2 Å². The fourth-order valence-corrected chi connectivity index (χ4v) is 8.63. The summed E-state index contributed by atoms with van der Waals surface area (Å²) >= 11 is 0. The highest BCUT2D eigenvalue weighted by Gasteiger charge is 2.44. The highest BCUT2D eigenvalue weighted by atomic mass is 16.4. The molecule has 0 aromatic rings. The van der Waals surface area contributed by atoms with E-state index in [1.54, 1.807) is 0 Å². The molecule has 320 valence electrons. The normalized spacial score (nSPS) is 24.7. The molecule has 5 rings (SSSR count). The summed E-state index contributed by atoms with van der Waals surface area (Å²) in [6.07, 6.45) is 4.45. The fraction of sp³-hybridized carbons (Fsp3) is 0.722. The van der Waals surface area contributed by atoms with Gasteiger partial charge in [0, 0.05) is 32.7 Å². The molecule has 0 unspecified atom stereocenters. The van der Waals surface area contributed by atoms with Gasteiger partial charge in [-0.05, 0) is 64.2 Å². The van der Waals surface area contributed by atoms with E-state index in [0.717, 1.165) is 4.90 Å². The number of carboxylic acids is 1. The standard InChI is InChI=1S/C36H54N10O12/c37-16-28(49)42-11-4-9-25(42)35(57)46-15-3-8-24(46)32(54)39-18-29(50)43-12-5-10-26(43)36(58)45-14-2-7-23(45)31(53)38-17-27(48)41-21(20-47)34(56)44-13-1-6-22(44)33(55)40-19-30(51)52/h21-26,47H,1-20,37H2,(H,38,53)(H,39,54)(H,40,55)(H,41,48)(H,51,52)/t21-,22-,23-,24-,25-,26-/m0/s1. The largest absolute Gasteiger partial charge is 0.480 e. The van der Waals surface area contributed by atoms with Crippen LogP contribution in [0, 0.1) is 0 Å². The number of rotatable bonds is 15. The summed E-state index contributed by atoms with van der Waals surface area (Å²) in [6.45, 7) is -1.26. The first-order valence-electron chi connectivity index (χ1n) is 19.9. The Labute approximate surface area is 334 Å². The van der Waals surface area contributed by atoms with Crippen LogP contribution in [0.5, 0.6) is 0 Å². The first-order chi connectivity index (χ1) is 27.8. The van der Waals surface area contributed by atoms with Crippen molar-refractivity contribution in [3.8, 4) is 0 Å². The predicted molar refractivity (Wildman–Crippen MR) is 198 cm³/mol. The van der Waals surface area contributed by atoms with Crippen LogP contribution >= 0.6 is 0 Å². The third kappa shape index (κ3) is 10.0. The van der Waals surface area contributed by atoms with Crippen molar-refractivity contribution in [1.29, 1.82) is 0 Å². The number of carbonyl (C=O) groups excluding carboxylic acids is 9. The van der Waals surface area contributed by atoms with Gasteiger partial charge in [0.2, 0.25) is 53.2 Å². The molecule has 0 saturated carbocycles. The number of hydrogen-bond acceptors (Lipinski definition) is 12. The van der Waals surface area contributed by atoms with E-state index in [-0.39, 0.29) is 44.4 Å². The number of aliphatic carboxylic acids is 1. The number of nitrogens with two attached hydrogens (primary N) is 1. The van der Waals surface area contributed by atoms with E-state index in [9.17, 15) is 53.1 Å². The summed E-state index contributed by atoms with van der Waals surface area (Å²) in [5.74, 6) is -6.23. The lowest BCUT2D eigenvalue weighted by Gasteiger charge is -2.32. The van der Waals surface area contributed by atoms with Crippen LogP contribution in [0.25, 0.3) is 0 Å². The summed E-state index contributed by atoms with van der Waals surface area (Å²) in [5, 5.41) is 28.4. The Hall–Kier alpha value is -5.38. The van der Waals surface area contributed by atoms with Crippen molar-refractivity contribution in [2.75, 3.05) is 65.5 Å². The molecule has 5 saturated heterocycles. The van der Waals surface area contributed by atoms with E-state index in [0.29, 0.717) is 70.9 Å². The number of nitrogens with one attached hydrogen (secondary N) is 4. The van der Waals surface area contributed by atoms with Crippen molar-refractivity contribution in [2.24, 2.45) is 5.73 Å². The minimum Gasteiger partial charge on any atom is -0.480 e. The number of amides is 9. The Morgan fingerprint density at radius 2 is 0.931 bits per heavy atom. The zero-order chi connectivity index (χ0) is 42.1. The minimum atomic E-state index is -1.44. The molecule has 0 radical (unpaired) electrons. The predicted octanol–water partition coefficient (Wildman–Crippen LogP) is -5.19. The number of aliphatic hydroxyl groups excluding tert-OH is 1. The maximum absolute atomic E-state index is 13.8. The van der Waals surface area contributed by atoms with Crippen LogP contribution in [0.3, 0.4) is 0 Å². The summed E-state index contributed by atoms with van der Waals surface area (Å²) in [5.41, 5.74) is 5.52. The molecule has 22 heteroatoms. The van der Waals surface area contributed by atoms with Crippen LogP contribution in [0.4, 0.5) is 0 Å². The second-order valence-electron chi connectivity index (χ2n) is 15.1. The summed E-state index contributed by atoms with van der Waals surface area (Å²) in [7, 11) is 0. The van der Waals surface area contributed by atoms with Crippen molar-refractivity contribution in [1.82, 2.24) is 45.8 Å². The second-order valence-corrected chi connectivity index (χ2v) is 15.1. The molecule has 0 spiro atoms. The van der Waals surface area contributed by atoms with Gasteiger partial charge in [-0.15, -0.1) is 0 Å². The van der Waals surface area contributed by atoms with Crippen molar-refractivity contribution in [3.05, 3.63) is 0 Å². The van der Waals surface area contributed by atoms with Gasteiger partial charge in [-0.3, -0.25) is 47.9 Å². The topological polar surface area (TPSA) is 302 Å². The van der Waals surface area contributed by atoms with E-state index in [4.69, 9.17) is 10.8 Å². The molecular formula is C36H54N10O12. The summed E-state index contributed by atoms with van der Waals surface area (Å²) in [4.78, 5) is 136. The van der Waals surface area contributed by atoms with Gasteiger partial charge in [0.25, 0.3) is 0 Å². The maximum atomic E-state index is 13.8. The Bertz CT molecular complexity index is 1650. The van der Waals surface area contributed by atoms with E-state index in [2.05, 4.69) is 21.3 Å². The number of hydrogen-bond donors (Lipinski definition) is 7. The Kier molecular flexibility index (Phi) is 15.0. The molecule has 5 fully saturated rings. The van der Waals surface area contributed by atoms with E-state index >= 15 is 0 Å². The van der Waals surface area contributed by atoms with Crippen molar-refractivity contribution in [2.45, 2.75) is 100 Å². The third-order valence-corrected chi connectivity index (χ3v) is 11.5. The molecule has 0 aliphatic carbocycles. The zero-order valence-corrected chi connectivity index (χ0v) is 32.4. The van der Waals surface area contributed by atoms with Crippen LogP contribution < -0.4 is 27.0 Å². The van der Waals surface area contributed by atoms with E-state index in [1.807, 2.05) is 0 Å². The van der Waals surface area contributed by atoms with Gasteiger partial charge in [0.1, 0.15) is 42.8 Å². The van der Waals surface area contributed by atoms with Crippen molar-refractivity contribution >= 4 is 59.1 Å². The van der Waals surface area contributed by atoms with Crippen molar-refractivity contribution in [3.63, 3.8) is 0 Å². The smallest absolute Gasteiger partial charge is 0.322 e. The average molecular weight is 819 g/mol. The van der Waals surface area contributed by atoms with Gasteiger partial charge >= 0.3 is 5.97 Å². The summed E-state index contributed by atoms with van der Waals surface area (Å²) < 4.78 is 0. The molecule has 22 nitrogen and oxygen atoms in total. The monoisotopic (exact) mass is 818 g/mol. The summed E-state index contributed by atoms with van der Waals surface area (Å²) in [6, 6.07) is -5.72. The lowest BCUT2D eigenvalue weighted by Crippen LogP contribution is -2.57.